The Bertz CT molecular complexity index is 1620. The van der Waals surface area contributed by atoms with Crippen LogP contribution in [0.4, 0.5) is 4.39 Å². The molecule has 4 saturated carbocycles. The minimum absolute atomic E-state index is 0.0145. The molecule has 10 nitrogen and oxygen atoms in total. The minimum Gasteiger partial charge on any atom is -0.511 e. The van der Waals surface area contributed by atoms with Gasteiger partial charge < -0.3 is 15.3 Å². The Morgan fingerprint density at radius 3 is 2.60 bits per heavy atom. The zero-order valence-electron chi connectivity index (χ0n) is 21.6. The quantitative estimate of drug-likeness (QED) is 0.445. The van der Waals surface area contributed by atoms with Gasteiger partial charge in [0.15, 0.2) is 5.84 Å². The van der Waals surface area contributed by atoms with E-state index in [0.717, 1.165) is 31.1 Å². The standard InChI is InChI=1S/C26H29FN4O6S3/c1-39(34,35)28-9-13-11-38-25-23(13)40(36,37)30-24(29-25)20-22(32)19-15-6-7-16(18-8-17(15)18)21(19)31(26(20)33)10-12-2-4-14(27)5-3-12/h2-5,13,15-19,21,28,32H,6-11H2,1H3,(H,29,30). The number of rotatable bonds is 6. The lowest BCUT2D eigenvalue weighted by atomic mass is 9.59. The average Bonchev–Trinajstić information content (AvgIpc) is 3.61. The fourth-order valence-electron chi connectivity index (χ4n) is 7.71. The Morgan fingerprint density at radius 1 is 1.18 bits per heavy atom. The van der Waals surface area contributed by atoms with Gasteiger partial charge >= 0.3 is 0 Å². The first kappa shape index (κ1) is 26.5. The number of carbonyl (C=O) groups is 1. The van der Waals surface area contributed by atoms with Gasteiger partial charge in [0.25, 0.3) is 15.9 Å². The Balaban J connectivity index is 1.26. The number of amides is 1. The number of nitrogens with zero attached hydrogens (tertiary/aromatic N) is 2. The van der Waals surface area contributed by atoms with Gasteiger partial charge in [-0.05, 0) is 60.6 Å². The molecule has 214 valence electrons. The lowest BCUT2D eigenvalue weighted by Gasteiger charge is -2.54. The summed E-state index contributed by atoms with van der Waals surface area (Å²) in [6.45, 7) is 0.115. The Labute approximate surface area is 236 Å². The number of sulfonamides is 2. The Kier molecular flexibility index (Phi) is 5.98. The van der Waals surface area contributed by atoms with Crippen LogP contribution >= 0.6 is 11.8 Å². The zero-order chi connectivity index (χ0) is 28.1. The van der Waals surface area contributed by atoms with Gasteiger partial charge in [0.05, 0.1) is 11.3 Å². The molecule has 0 saturated heterocycles. The third-order valence-electron chi connectivity index (χ3n) is 9.34. The average molecular weight is 609 g/mol. The zero-order valence-corrected chi connectivity index (χ0v) is 24.0. The van der Waals surface area contributed by atoms with Crippen LogP contribution in [0.15, 0.2) is 49.9 Å². The van der Waals surface area contributed by atoms with Crippen LogP contribution in [-0.4, -0.2) is 63.2 Å². The SMILES string of the molecule is CS(=O)(=O)NCC1CSC2=C1S(=O)(=O)N=C(C1=C(O)C3C4CCC(C5CC54)C3N(Cc3ccc(F)cc3)C1=O)N2. The van der Waals surface area contributed by atoms with Crippen molar-refractivity contribution in [2.75, 3.05) is 18.6 Å². The van der Waals surface area contributed by atoms with Gasteiger partial charge in [0, 0.05) is 36.7 Å². The normalized spacial score (nSPS) is 35.6. The highest BCUT2D eigenvalue weighted by atomic mass is 32.2. The second-order valence-electron chi connectivity index (χ2n) is 11.7. The third kappa shape index (κ3) is 4.21. The van der Waals surface area contributed by atoms with E-state index in [4.69, 9.17) is 0 Å². The van der Waals surface area contributed by atoms with Crippen molar-refractivity contribution in [3.63, 3.8) is 0 Å². The van der Waals surface area contributed by atoms with Gasteiger partial charge in [0.1, 0.15) is 22.1 Å². The van der Waals surface area contributed by atoms with E-state index >= 15 is 0 Å². The van der Waals surface area contributed by atoms with Crippen LogP contribution in [0.3, 0.4) is 0 Å². The molecule has 7 aliphatic rings. The molecule has 7 atom stereocenters. The number of aliphatic hydroxyl groups excluding tert-OH is 1. The van der Waals surface area contributed by atoms with Gasteiger partial charge in [-0.1, -0.05) is 12.1 Å². The summed E-state index contributed by atoms with van der Waals surface area (Å²) in [6.07, 6.45) is 4.01. The fourth-order valence-corrected chi connectivity index (χ4v) is 11.3. The number of amidine groups is 1. The van der Waals surface area contributed by atoms with E-state index in [0.29, 0.717) is 17.6 Å². The van der Waals surface area contributed by atoms with Crippen molar-refractivity contribution < 1.29 is 31.1 Å². The molecular weight excluding hydrogens is 580 g/mol. The highest BCUT2D eigenvalue weighted by Crippen LogP contribution is 2.67. The maximum Gasteiger partial charge on any atom is 0.283 e. The van der Waals surface area contributed by atoms with Crippen LogP contribution in [0, 0.1) is 41.3 Å². The molecule has 1 amide bonds. The second-order valence-corrected chi connectivity index (χ2v) is 16.1. The molecule has 7 unspecified atom stereocenters. The van der Waals surface area contributed by atoms with Crippen molar-refractivity contribution in [1.82, 2.24) is 14.9 Å². The molecule has 1 aromatic carbocycles. The van der Waals surface area contributed by atoms with Crippen LogP contribution in [-0.2, 0) is 31.4 Å². The van der Waals surface area contributed by atoms with Gasteiger partial charge in [0.2, 0.25) is 10.0 Å². The first-order valence-electron chi connectivity index (χ1n) is 13.4. The summed E-state index contributed by atoms with van der Waals surface area (Å²) >= 11 is 1.21. The van der Waals surface area contributed by atoms with Crippen molar-refractivity contribution >= 4 is 43.6 Å². The molecule has 3 aliphatic heterocycles. The lowest BCUT2D eigenvalue weighted by molar-refractivity contribution is -0.140. The second kappa shape index (κ2) is 9.04. The molecule has 40 heavy (non-hydrogen) atoms. The topological polar surface area (TPSA) is 145 Å². The molecule has 1 aromatic rings. The van der Waals surface area contributed by atoms with Crippen LogP contribution in [0.2, 0.25) is 0 Å². The molecule has 2 bridgehead atoms. The molecule has 8 rings (SSSR count). The maximum atomic E-state index is 14.2. The third-order valence-corrected chi connectivity index (χ3v) is 12.9. The van der Waals surface area contributed by atoms with E-state index in [2.05, 4.69) is 14.4 Å². The van der Waals surface area contributed by atoms with E-state index in [1.807, 2.05) is 0 Å². The minimum atomic E-state index is -4.25. The molecule has 3 heterocycles. The van der Waals surface area contributed by atoms with Crippen molar-refractivity contribution in [3.05, 3.63) is 56.9 Å². The van der Waals surface area contributed by atoms with Crippen LogP contribution in [0.5, 0.6) is 0 Å². The summed E-state index contributed by atoms with van der Waals surface area (Å²) in [6, 6.07) is 5.74. The van der Waals surface area contributed by atoms with E-state index in [-0.39, 0.29) is 69.8 Å². The summed E-state index contributed by atoms with van der Waals surface area (Å²) in [4.78, 5) is 15.9. The number of halogens is 1. The number of hydrogen-bond donors (Lipinski definition) is 3. The monoisotopic (exact) mass is 608 g/mol. The van der Waals surface area contributed by atoms with Crippen molar-refractivity contribution in [2.45, 2.75) is 31.8 Å². The molecular formula is C26H29FN4O6S3. The Hall–Kier alpha value is -2.42. The molecule has 0 radical (unpaired) electrons. The number of aliphatic hydroxyl groups is 1. The highest BCUT2D eigenvalue weighted by Gasteiger charge is 2.65. The summed E-state index contributed by atoms with van der Waals surface area (Å²) in [5, 5.41) is 15.0. The summed E-state index contributed by atoms with van der Waals surface area (Å²) in [7, 11) is -7.78. The first-order chi connectivity index (χ1) is 18.9. The van der Waals surface area contributed by atoms with Gasteiger partial charge in [-0.2, -0.15) is 8.42 Å². The number of nitrogens with one attached hydrogen (secondary N) is 2. The number of benzene rings is 1. The summed E-state index contributed by atoms with van der Waals surface area (Å²) in [5.41, 5.74) is 0.605. The van der Waals surface area contributed by atoms with Crippen molar-refractivity contribution in [1.29, 1.82) is 0 Å². The smallest absolute Gasteiger partial charge is 0.283 e. The molecule has 14 heteroatoms. The predicted octanol–water partition coefficient (Wildman–Crippen LogP) is 2.05. The first-order valence-corrected chi connectivity index (χ1v) is 17.7. The molecule has 0 spiro atoms. The molecule has 4 aliphatic carbocycles. The maximum absolute atomic E-state index is 14.2. The number of carbonyl (C=O) groups excluding carboxylic acids is 1. The summed E-state index contributed by atoms with van der Waals surface area (Å²) < 4.78 is 69.9. The number of hydrogen-bond acceptors (Lipinski definition) is 8. The predicted molar refractivity (Wildman–Crippen MR) is 147 cm³/mol. The Morgan fingerprint density at radius 2 is 1.88 bits per heavy atom. The van der Waals surface area contributed by atoms with E-state index in [1.165, 1.54) is 23.9 Å². The number of fused-ring (bicyclic) bond motifs is 1. The van der Waals surface area contributed by atoms with Crippen molar-refractivity contribution in [3.8, 4) is 0 Å². The fraction of sp³-hybridized carbons (Fsp3) is 0.538. The number of thioether (sulfide) groups is 1. The highest BCUT2D eigenvalue weighted by molar-refractivity contribution is 8.05. The molecule has 4 fully saturated rings. The molecule has 3 N–H and O–H groups in total. The largest absolute Gasteiger partial charge is 0.511 e. The van der Waals surface area contributed by atoms with E-state index in [1.54, 1.807) is 17.0 Å². The van der Waals surface area contributed by atoms with Crippen molar-refractivity contribution in [2.24, 2.45) is 39.9 Å². The van der Waals surface area contributed by atoms with Gasteiger partial charge in [-0.15, -0.1) is 16.2 Å². The van der Waals surface area contributed by atoms with Crippen LogP contribution in [0.25, 0.3) is 0 Å². The van der Waals surface area contributed by atoms with E-state index in [9.17, 15) is 31.1 Å². The molecule has 0 aromatic heterocycles. The van der Waals surface area contributed by atoms with Crippen LogP contribution < -0.4 is 10.0 Å². The lowest BCUT2D eigenvalue weighted by Crippen LogP contribution is -2.61. The summed E-state index contributed by atoms with van der Waals surface area (Å²) in [5.74, 6) is -0.342. The van der Waals surface area contributed by atoms with E-state index < -0.39 is 31.9 Å². The van der Waals surface area contributed by atoms with Gasteiger partial charge in [-0.25, -0.2) is 17.5 Å². The van der Waals surface area contributed by atoms with Gasteiger partial charge in [-0.3, -0.25) is 4.79 Å². The van der Waals surface area contributed by atoms with Crippen LogP contribution in [0.1, 0.15) is 24.8 Å².